The van der Waals surface area contributed by atoms with Gasteiger partial charge in [-0.1, -0.05) is 0 Å². The van der Waals surface area contributed by atoms with Gasteiger partial charge in [-0.3, -0.25) is 0 Å². The first-order valence-electron chi connectivity index (χ1n) is 7.53. The fourth-order valence-electron chi connectivity index (χ4n) is 2.58. The van der Waals surface area contributed by atoms with Gasteiger partial charge in [0.05, 0.1) is 24.3 Å². The van der Waals surface area contributed by atoms with Crippen LogP contribution in [0.1, 0.15) is 34.6 Å². The zero-order chi connectivity index (χ0) is 16.4. The molecule has 0 unspecified atom stereocenters. The molecule has 0 saturated carbocycles. The van der Waals surface area contributed by atoms with Crippen LogP contribution >= 0.6 is 0 Å². The Bertz CT molecular complexity index is 822. The minimum absolute atomic E-state index is 0.331. The van der Waals surface area contributed by atoms with Gasteiger partial charge in [0.1, 0.15) is 0 Å². The molecule has 2 aromatic carbocycles. The Balaban J connectivity index is 2.13. The molecule has 23 heavy (non-hydrogen) atoms. The predicted molar refractivity (Wildman–Crippen MR) is 87.7 cm³/mol. The Labute approximate surface area is 133 Å². The van der Waals surface area contributed by atoms with Crippen molar-refractivity contribution < 1.29 is 19.1 Å². The van der Waals surface area contributed by atoms with Crippen LogP contribution in [0.15, 0.2) is 36.4 Å². The topological polar surface area (TPSA) is 68.4 Å². The molecule has 0 bridgehead atoms. The number of aromatic amines is 1. The van der Waals surface area contributed by atoms with Crippen LogP contribution in [0.5, 0.6) is 0 Å². The monoisotopic (exact) mass is 311 g/mol. The maximum absolute atomic E-state index is 11.9. The number of rotatable bonds is 4. The molecule has 1 N–H and O–H groups in total. The largest absolute Gasteiger partial charge is 0.462 e. The summed E-state index contributed by atoms with van der Waals surface area (Å²) in [5.74, 6) is -0.712. The number of hydrogen-bond donors (Lipinski definition) is 1. The van der Waals surface area contributed by atoms with Gasteiger partial charge in [-0.15, -0.1) is 0 Å². The van der Waals surface area contributed by atoms with Gasteiger partial charge < -0.3 is 14.5 Å². The molecule has 0 aliphatic heterocycles. The molecule has 0 fully saturated rings. The van der Waals surface area contributed by atoms with Crippen molar-refractivity contribution in [3.63, 3.8) is 0 Å². The summed E-state index contributed by atoms with van der Waals surface area (Å²) in [6.45, 7) is 4.21. The van der Waals surface area contributed by atoms with E-state index in [0.717, 1.165) is 21.8 Å². The summed E-state index contributed by atoms with van der Waals surface area (Å²) in [6.07, 6.45) is 0. The van der Waals surface area contributed by atoms with Crippen LogP contribution in [-0.4, -0.2) is 30.1 Å². The third-order valence-electron chi connectivity index (χ3n) is 3.62. The molecule has 0 spiro atoms. The van der Waals surface area contributed by atoms with Crippen molar-refractivity contribution in [3.8, 4) is 0 Å². The van der Waals surface area contributed by atoms with Crippen LogP contribution in [0.25, 0.3) is 21.8 Å². The van der Waals surface area contributed by atoms with E-state index in [4.69, 9.17) is 9.47 Å². The van der Waals surface area contributed by atoms with Crippen molar-refractivity contribution in [2.45, 2.75) is 13.8 Å². The molecule has 1 heterocycles. The Morgan fingerprint density at radius 3 is 1.65 bits per heavy atom. The second-order valence-electron chi connectivity index (χ2n) is 5.09. The molecule has 5 nitrogen and oxygen atoms in total. The van der Waals surface area contributed by atoms with E-state index >= 15 is 0 Å². The van der Waals surface area contributed by atoms with Crippen molar-refractivity contribution in [3.05, 3.63) is 47.5 Å². The van der Waals surface area contributed by atoms with E-state index in [1.165, 1.54) is 0 Å². The molecule has 0 aliphatic carbocycles. The minimum atomic E-state index is -0.356. The Morgan fingerprint density at radius 1 is 0.826 bits per heavy atom. The van der Waals surface area contributed by atoms with Crippen molar-refractivity contribution in [1.29, 1.82) is 0 Å². The van der Waals surface area contributed by atoms with Crippen LogP contribution in [0.3, 0.4) is 0 Å². The van der Waals surface area contributed by atoms with Crippen molar-refractivity contribution in [2.24, 2.45) is 0 Å². The minimum Gasteiger partial charge on any atom is -0.462 e. The lowest BCUT2D eigenvalue weighted by Crippen LogP contribution is -2.04. The van der Waals surface area contributed by atoms with Gasteiger partial charge in [0.15, 0.2) is 0 Å². The lowest BCUT2D eigenvalue weighted by molar-refractivity contribution is 0.0517. The summed E-state index contributed by atoms with van der Waals surface area (Å²) < 4.78 is 10.1. The zero-order valence-electron chi connectivity index (χ0n) is 13.0. The molecule has 0 aliphatic rings. The highest BCUT2D eigenvalue weighted by Crippen LogP contribution is 2.27. The normalized spacial score (nSPS) is 10.9. The Kier molecular flexibility index (Phi) is 4.02. The van der Waals surface area contributed by atoms with Gasteiger partial charge in [-0.05, 0) is 50.2 Å². The van der Waals surface area contributed by atoms with Crippen molar-refractivity contribution >= 4 is 33.7 Å². The van der Waals surface area contributed by atoms with Gasteiger partial charge in [0, 0.05) is 21.8 Å². The van der Waals surface area contributed by atoms with Gasteiger partial charge in [0.25, 0.3) is 0 Å². The maximum Gasteiger partial charge on any atom is 0.338 e. The van der Waals surface area contributed by atoms with E-state index < -0.39 is 0 Å². The van der Waals surface area contributed by atoms with E-state index in [-0.39, 0.29) is 11.9 Å². The molecule has 0 amide bonds. The van der Waals surface area contributed by atoms with E-state index in [2.05, 4.69) is 4.98 Å². The number of ether oxygens (including phenoxy) is 2. The molecule has 0 radical (unpaired) electrons. The van der Waals surface area contributed by atoms with Crippen molar-refractivity contribution in [1.82, 2.24) is 4.98 Å². The number of nitrogens with one attached hydrogen (secondary N) is 1. The molecule has 5 heteroatoms. The number of carbonyl (C=O) groups is 2. The first-order valence-corrected chi connectivity index (χ1v) is 7.53. The second-order valence-corrected chi connectivity index (χ2v) is 5.09. The molecule has 118 valence electrons. The van der Waals surface area contributed by atoms with Crippen LogP contribution in [-0.2, 0) is 9.47 Å². The third kappa shape index (κ3) is 2.77. The highest BCUT2D eigenvalue weighted by atomic mass is 16.5. The van der Waals surface area contributed by atoms with E-state index in [1.807, 2.05) is 12.1 Å². The van der Waals surface area contributed by atoms with Crippen LogP contribution in [0, 0.1) is 0 Å². The lowest BCUT2D eigenvalue weighted by atomic mass is 10.1. The van der Waals surface area contributed by atoms with Gasteiger partial charge >= 0.3 is 11.9 Å². The quantitative estimate of drug-likeness (QED) is 0.746. The average Bonchev–Trinajstić information content (AvgIpc) is 2.92. The first kappa shape index (κ1) is 15.1. The Hall–Kier alpha value is -2.82. The SMILES string of the molecule is CCOC(=O)c1ccc2[nH]c3ccc(C(=O)OCC)cc3c2c1. The fraction of sp³-hybridized carbons (Fsp3) is 0.222. The van der Waals surface area contributed by atoms with Gasteiger partial charge in [0.2, 0.25) is 0 Å². The van der Waals surface area contributed by atoms with Gasteiger partial charge in [-0.25, -0.2) is 9.59 Å². The summed E-state index contributed by atoms with van der Waals surface area (Å²) in [4.78, 5) is 27.1. The molecular formula is C18H17NO4. The third-order valence-corrected chi connectivity index (χ3v) is 3.62. The summed E-state index contributed by atoms with van der Waals surface area (Å²) in [7, 11) is 0. The highest BCUT2D eigenvalue weighted by molar-refractivity contribution is 6.11. The summed E-state index contributed by atoms with van der Waals surface area (Å²) in [5.41, 5.74) is 2.77. The maximum atomic E-state index is 11.9. The van der Waals surface area contributed by atoms with Crippen LogP contribution in [0.4, 0.5) is 0 Å². The highest BCUT2D eigenvalue weighted by Gasteiger charge is 2.13. The zero-order valence-corrected chi connectivity index (χ0v) is 13.0. The number of carbonyl (C=O) groups excluding carboxylic acids is 2. The van der Waals surface area contributed by atoms with Crippen molar-refractivity contribution in [2.75, 3.05) is 13.2 Å². The number of esters is 2. The van der Waals surface area contributed by atoms with Gasteiger partial charge in [-0.2, -0.15) is 0 Å². The van der Waals surface area contributed by atoms with E-state index in [0.29, 0.717) is 24.3 Å². The molecule has 3 rings (SSSR count). The van der Waals surface area contributed by atoms with E-state index in [9.17, 15) is 9.59 Å². The Morgan fingerprint density at radius 2 is 1.26 bits per heavy atom. The van der Waals surface area contributed by atoms with Crippen LogP contribution in [0.2, 0.25) is 0 Å². The molecule has 0 atom stereocenters. The number of benzene rings is 2. The second kappa shape index (κ2) is 6.12. The molecule has 1 aromatic heterocycles. The molecule has 0 saturated heterocycles. The average molecular weight is 311 g/mol. The number of aromatic nitrogens is 1. The van der Waals surface area contributed by atoms with E-state index in [1.54, 1.807) is 38.1 Å². The fourth-order valence-corrected chi connectivity index (χ4v) is 2.58. The number of hydrogen-bond acceptors (Lipinski definition) is 4. The summed E-state index contributed by atoms with van der Waals surface area (Å²) >= 11 is 0. The predicted octanol–water partition coefficient (Wildman–Crippen LogP) is 3.67. The summed E-state index contributed by atoms with van der Waals surface area (Å²) in [6, 6.07) is 10.7. The molecular weight excluding hydrogens is 294 g/mol. The lowest BCUT2D eigenvalue weighted by Gasteiger charge is -2.03. The standard InChI is InChI=1S/C18H17NO4/c1-3-22-17(20)11-5-7-15-13(9-11)14-10-12(18(21)23-4-2)6-8-16(14)19-15/h5-10,19H,3-4H2,1-2H3. The first-order chi connectivity index (χ1) is 11.1. The van der Waals surface area contributed by atoms with Crippen LogP contribution < -0.4 is 0 Å². The summed E-state index contributed by atoms with van der Waals surface area (Å²) in [5, 5.41) is 1.74. The number of H-pyrrole nitrogens is 1. The molecule has 3 aromatic rings. The smallest absolute Gasteiger partial charge is 0.338 e. The number of fused-ring (bicyclic) bond motifs is 3.